The van der Waals surface area contributed by atoms with Crippen LogP contribution in [-0.4, -0.2) is 42.3 Å². The number of imidazole rings is 1. The zero-order valence-electron chi connectivity index (χ0n) is 22.6. The minimum atomic E-state index is -4.61. The third-order valence-electron chi connectivity index (χ3n) is 6.23. The van der Waals surface area contributed by atoms with Gasteiger partial charge in [-0.1, -0.05) is 6.07 Å². The number of nitrogens with one attached hydrogen (secondary N) is 3. The molecule has 10 nitrogen and oxygen atoms in total. The van der Waals surface area contributed by atoms with Crippen LogP contribution < -0.4 is 16.0 Å². The number of hydrogen-bond donors (Lipinski definition) is 3. The molecule has 0 saturated heterocycles. The highest BCUT2D eigenvalue weighted by molar-refractivity contribution is 6.05. The Hall–Kier alpha value is -5.20. The molecule has 0 aliphatic heterocycles. The average Bonchev–Trinajstić information content (AvgIpc) is 3.54. The van der Waals surface area contributed by atoms with E-state index in [0.717, 1.165) is 23.4 Å². The quantitative estimate of drug-likeness (QED) is 0.229. The molecule has 210 valence electrons. The Bertz CT molecular complexity index is 1740. The highest BCUT2D eigenvalue weighted by Crippen LogP contribution is 2.33. The van der Waals surface area contributed by atoms with Gasteiger partial charge in [-0.25, -0.2) is 15.0 Å². The normalized spacial score (nSPS) is 11.4. The number of rotatable bonds is 7. The van der Waals surface area contributed by atoms with E-state index in [1.807, 2.05) is 19.9 Å². The number of anilines is 4. The maximum absolute atomic E-state index is 13.7. The SMILES string of the molecule is CNc1cc(-n2nc(C)cc2Nc2cc(C(=O)Nc3cc(-n4cnc(C)c4)cc(C(F)(F)F)c3)ccc2C)ncn1. The van der Waals surface area contributed by atoms with Crippen molar-refractivity contribution in [2.24, 2.45) is 0 Å². The van der Waals surface area contributed by atoms with Crippen LogP contribution >= 0.6 is 0 Å². The molecule has 0 fully saturated rings. The van der Waals surface area contributed by atoms with Gasteiger partial charge in [0.25, 0.3) is 5.91 Å². The van der Waals surface area contributed by atoms with Crippen LogP contribution in [0.2, 0.25) is 0 Å². The second kappa shape index (κ2) is 10.8. The molecule has 3 aromatic heterocycles. The number of carbonyl (C=O) groups excluding carboxylic acids is 1. The number of aryl methyl sites for hydroxylation is 3. The first-order valence-corrected chi connectivity index (χ1v) is 12.5. The lowest BCUT2D eigenvalue weighted by atomic mass is 10.1. The summed E-state index contributed by atoms with van der Waals surface area (Å²) in [5.41, 5.74) is 2.40. The summed E-state index contributed by atoms with van der Waals surface area (Å²) in [5, 5.41) is 13.4. The topological polar surface area (TPSA) is 115 Å². The van der Waals surface area contributed by atoms with E-state index >= 15 is 0 Å². The zero-order valence-corrected chi connectivity index (χ0v) is 22.6. The van der Waals surface area contributed by atoms with Crippen LogP contribution in [0.15, 0.2) is 67.4 Å². The molecule has 0 spiro atoms. The summed E-state index contributed by atoms with van der Waals surface area (Å²) in [6.07, 6.45) is -0.162. The Morgan fingerprint density at radius 3 is 2.44 bits per heavy atom. The predicted octanol–water partition coefficient (Wildman–Crippen LogP) is 5.83. The Morgan fingerprint density at radius 2 is 1.73 bits per heavy atom. The number of carbonyl (C=O) groups is 1. The monoisotopic (exact) mass is 561 g/mol. The smallest absolute Gasteiger partial charge is 0.373 e. The molecule has 5 rings (SSSR count). The van der Waals surface area contributed by atoms with Crippen LogP contribution in [0.3, 0.4) is 0 Å². The minimum absolute atomic E-state index is 0.000868. The Morgan fingerprint density at radius 1 is 0.927 bits per heavy atom. The van der Waals surface area contributed by atoms with Crippen LogP contribution in [0.4, 0.5) is 36.2 Å². The van der Waals surface area contributed by atoms with Crippen molar-refractivity contribution in [1.29, 1.82) is 0 Å². The molecule has 0 aliphatic rings. The molecule has 3 N–H and O–H groups in total. The van der Waals surface area contributed by atoms with E-state index in [1.54, 1.807) is 49.1 Å². The van der Waals surface area contributed by atoms with Gasteiger partial charge in [-0.2, -0.15) is 23.0 Å². The molecule has 0 aliphatic carbocycles. The lowest BCUT2D eigenvalue weighted by Crippen LogP contribution is -2.14. The summed E-state index contributed by atoms with van der Waals surface area (Å²) in [4.78, 5) is 25.7. The van der Waals surface area contributed by atoms with E-state index in [9.17, 15) is 18.0 Å². The number of hydrogen-bond acceptors (Lipinski definition) is 7. The standard InChI is InChI=1S/C28H26F3N9O/c1-16-5-6-19(8-23(16)37-26-7-17(2)38-40(26)25-12-24(32-4)33-14-34-25)27(41)36-21-9-20(28(29,30)31)10-22(11-21)39-13-18(3)35-15-39/h5-15,37H,1-4H3,(H,36,41)(H,32,33,34). The van der Waals surface area contributed by atoms with Crippen LogP contribution in [0.5, 0.6) is 0 Å². The summed E-state index contributed by atoms with van der Waals surface area (Å²) in [6.45, 7) is 5.44. The van der Waals surface area contributed by atoms with E-state index in [4.69, 9.17) is 0 Å². The maximum atomic E-state index is 13.7. The second-order valence-electron chi connectivity index (χ2n) is 9.39. The van der Waals surface area contributed by atoms with E-state index in [2.05, 4.69) is 36.0 Å². The molecule has 13 heteroatoms. The molecular formula is C28H26F3N9O. The van der Waals surface area contributed by atoms with Crippen LogP contribution in [0.25, 0.3) is 11.5 Å². The summed E-state index contributed by atoms with van der Waals surface area (Å²) in [5.74, 6) is 1.17. The number of alkyl halides is 3. The number of aromatic nitrogens is 6. The van der Waals surface area contributed by atoms with Crippen molar-refractivity contribution in [1.82, 2.24) is 29.3 Å². The Kier molecular flexibility index (Phi) is 7.18. The number of halogens is 3. The van der Waals surface area contributed by atoms with Gasteiger partial charge < -0.3 is 20.5 Å². The van der Waals surface area contributed by atoms with Gasteiger partial charge in [0.1, 0.15) is 18.0 Å². The molecule has 0 radical (unpaired) electrons. The summed E-state index contributed by atoms with van der Waals surface area (Å²) in [7, 11) is 1.75. The van der Waals surface area contributed by atoms with Gasteiger partial charge in [0.15, 0.2) is 5.82 Å². The number of nitrogens with zero attached hydrogens (tertiary/aromatic N) is 6. The molecule has 3 heterocycles. The first-order chi connectivity index (χ1) is 19.5. The molecular weight excluding hydrogens is 535 g/mol. The lowest BCUT2D eigenvalue weighted by molar-refractivity contribution is -0.137. The average molecular weight is 562 g/mol. The van der Waals surface area contributed by atoms with Crippen molar-refractivity contribution < 1.29 is 18.0 Å². The van der Waals surface area contributed by atoms with Crippen molar-refractivity contribution in [2.45, 2.75) is 26.9 Å². The third kappa shape index (κ3) is 6.03. The van der Waals surface area contributed by atoms with Crippen molar-refractivity contribution in [3.05, 3.63) is 95.5 Å². The molecule has 0 atom stereocenters. The number of benzene rings is 2. The molecule has 0 bridgehead atoms. The molecule has 5 aromatic rings. The fourth-order valence-corrected chi connectivity index (χ4v) is 4.16. The first-order valence-electron chi connectivity index (χ1n) is 12.5. The molecule has 1 amide bonds. The van der Waals surface area contributed by atoms with E-state index in [0.29, 0.717) is 28.8 Å². The molecule has 2 aromatic carbocycles. The second-order valence-corrected chi connectivity index (χ2v) is 9.39. The minimum Gasteiger partial charge on any atom is -0.373 e. The van der Waals surface area contributed by atoms with Gasteiger partial charge in [0.05, 0.1) is 23.3 Å². The zero-order chi connectivity index (χ0) is 29.3. The van der Waals surface area contributed by atoms with E-state index < -0.39 is 17.6 Å². The number of amides is 1. The largest absolute Gasteiger partial charge is 0.416 e. The fraction of sp³-hybridized carbons (Fsp3) is 0.179. The van der Waals surface area contributed by atoms with Gasteiger partial charge in [0.2, 0.25) is 0 Å². The van der Waals surface area contributed by atoms with E-state index in [-0.39, 0.29) is 16.9 Å². The third-order valence-corrected chi connectivity index (χ3v) is 6.23. The summed E-state index contributed by atoms with van der Waals surface area (Å²) < 4.78 is 44.1. The summed E-state index contributed by atoms with van der Waals surface area (Å²) >= 11 is 0. The van der Waals surface area contributed by atoms with Gasteiger partial charge in [-0.15, -0.1) is 0 Å². The van der Waals surface area contributed by atoms with Crippen molar-refractivity contribution in [3.8, 4) is 11.5 Å². The molecule has 41 heavy (non-hydrogen) atoms. The highest BCUT2D eigenvalue weighted by Gasteiger charge is 2.31. The highest BCUT2D eigenvalue weighted by atomic mass is 19.4. The van der Waals surface area contributed by atoms with Gasteiger partial charge in [-0.05, 0) is 56.7 Å². The van der Waals surface area contributed by atoms with Crippen LogP contribution in [0, 0.1) is 20.8 Å². The van der Waals surface area contributed by atoms with Crippen molar-refractivity contribution >= 4 is 28.9 Å². The summed E-state index contributed by atoms with van der Waals surface area (Å²) in [6, 6.07) is 11.9. The molecule has 0 unspecified atom stereocenters. The lowest BCUT2D eigenvalue weighted by Gasteiger charge is -2.15. The van der Waals surface area contributed by atoms with E-state index in [1.165, 1.54) is 23.3 Å². The predicted molar refractivity (Wildman–Crippen MR) is 149 cm³/mol. The van der Waals surface area contributed by atoms with Crippen molar-refractivity contribution in [2.75, 3.05) is 23.0 Å². The van der Waals surface area contributed by atoms with Crippen LogP contribution in [0.1, 0.15) is 32.9 Å². The molecule has 0 saturated carbocycles. The van der Waals surface area contributed by atoms with Crippen molar-refractivity contribution in [3.63, 3.8) is 0 Å². The Balaban J connectivity index is 1.44. The first kappa shape index (κ1) is 27.4. The van der Waals surface area contributed by atoms with Gasteiger partial charge in [0, 0.05) is 48.0 Å². The Labute approximate surface area is 233 Å². The maximum Gasteiger partial charge on any atom is 0.416 e. The fourth-order valence-electron chi connectivity index (χ4n) is 4.16. The van der Waals surface area contributed by atoms with Gasteiger partial charge in [-0.3, -0.25) is 4.79 Å². The van der Waals surface area contributed by atoms with Crippen LogP contribution in [-0.2, 0) is 6.18 Å². The van der Waals surface area contributed by atoms with Gasteiger partial charge >= 0.3 is 6.18 Å².